The summed E-state index contributed by atoms with van der Waals surface area (Å²) in [5.74, 6) is 1.73. The molecule has 0 radical (unpaired) electrons. The molecule has 3 rings (SSSR count). The SMILES string of the molecule is CC1(C)CC([NH2+]Cc2ccc3c(c2)OCO3)CCO1. The van der Waals surface area contributed by atoms with Crippen molar-refractivity contribution in [1.29, 1.82) is 0 Å². The van der Waals surface area contributed by atoms with E-state index in [9.17, 15) is 0 Å². The molecule has 2 N–H and O–H groups in total. The van der Waals surface area contributed by atoms with E-state index in [1.807, 2.05) is 6.07 Å². The van der Waals surface area contributed by atoms with Gasteiger partial charge in [-0.05, 0) is 32.0 Å². The van der Waals surface area contributed by atoms with E-state index in [-0.39, 0.29) is 5.60 Å². The molecule has 2 aliphatic rings. The first-order valence-electron chi connectivity index (χ1n) is 6.98. The van der Waals surface area contributed by atoms with Gasteiger partial charge in [0.05, 0.1) is 18.2 Å². The normalized spacial score (nSPS) is 24.4. The van der Waals surface area contributed by atoms with Crippen LogP contribution >= 0.6 is 0 Å². The molecule has 2 aliphatic heterocycles. The van der Waals surface area contributed by atoms with Gasteiger partial charge in [0.15, 0.2) is 11.5 Å². The van der Waals surface area contributed by atoms with Crippen molar-refractivity contribution in [3.63, 3.8) is 0 Å². The largest absolute Gasteiger partial charge is 0.454 e. The molecule has 19 heavy (non-hydrogen) atoms. The third kappa shape index (κ3) is 3.01. The zero-order chi connectivity index (χ0) is 13.3. The van der Waals surface area contributed by atoms with Gasteiger partial charge in [0.2, 0.25) is 6.79 Å². The molecule has 0 bridgehead atoms. The quantitative estimate of drug-likeness (QED) is 0.898. The lowest BCUT2D eigenvalue weighted by molar-refractivity contribution is -0.709. The summed E-state index contributed by atoms with van der Waals surface area (Å²) in [6.45, 7) is 6.55. The smallest absolute Gasteiger partial charge is 0.231 e. The van der Waals surface area contributed by atoms with Crippen molar-refractivity contribution in [2.75, 3.05) is 13.4 Å². The first kappa shape index (κ1) is 12.8. The number of ether oxygens (including phenoxy) is 3. The van der Waals surface area contributed by atoms with Crippen molar-refractivity contribution in [1.82, 2.24) is 0 Å². The standard InChI is InChI=1S/C15H21NO3/c1-15(2)8-12(5-6-19-15)16-9-11-3-4-13-14(7-11)18-10-17-13/h3-4,7,12,16H,5-6,8-10H2,1-2H3/p+1. The Kier molecular flexibility index (Phi) is 3.37. The van der Waals surface area contributed by atoms with Gasteiger partial charge in [-0.3, -0.25) is 0 Å². The molecule has 1 aromatic rings. The van der Waals surface area contributed by atoms with Crippen molar-refractivity contribution in [2.45, 2.75) is 44.9 Å². The summed E-state index contributed by atoms with van der Waals surface area (Å²) in [6.07, 6.45) is 2.24. The molecule has 1 atom stereocenters. The van der Waals surface area contributed by atoms with Gasteiger partial charge in [-0.2, -0.15) is 0 Å². The second-order valence-electron chi connectivity index (χ2n) is 5.99. The van der Waals surface area contributed by atoms with Crippen LogP contribution in [0.25, 0.3) is 0 Å². The van der Waals surface area contributed by atoms with Crippen LogP contribution in [-0.2, 0) is 11.3 Å². The lowest BCUT2D eigenvalue weighted by Gasteiger charge is -2.34. The van der Waals surface area contributed by atoms with Gasteiger partial charge in [-0.25, -0.2) is 0 Å². The number of nitrogens with two attached hydrogens (primary N) is 1. The Morgan fingerprint density at radius 3 is 2.95 bits per heavy atom. The molecule has 2 heterocycles. The Bertz CT molecular complexity index is 459. The van der Waals surface area contributed by atoms with Gasteiger partial charge in [-0.1, -0.05) is 0 Å². The fraction of sp³-hybridized carbons (Fsp3) is 0.600. The highest BCUT2D eigenvalue weighted by atomic mass is 16.7. The number of fused-ring (bicyclic) bond motifs is 1. The molecular formula is C15H22NO3+. The van der Waals surface area contributed by atoms with E-state index in [0.29, 0.717) is 12.8 Å². The minimum Gasteiger partial charge on any atom is -0.454 e. The average molecular weight is 264 g/mol. The molecule has 0 spiro atoms. The van der Waals surface area contributed by atoms with Crippen LogP contribution in [0.15, 0.2) is 18.2 Å². The van der Waals surface area contributed by atoms with Crippen LogP contribution in [0.4, 0.5) is 0 Å². The summed E-state index contributed by atoms with van der Waals surface area (Å²) < 4.78 is 16.5. The van der Waals surface area contributed by atoms with E-state index in [1.54, 1.807) is 0 Å². The molecule has 1 aromatic carbocycles. The molecule has 0 amide bonds. The highest BCUT2D eigenvalue weighted by Gasteiger charge is 2.30. The van der Waals surface area contributed by atoms with E-state index < -0.39 is 0 Å². The number of benzene rings is 1. The predicted octanol–water partition coefficient (Wildman–Crippen LogP) is 1.44. The maximum absolute atomic E-state index is 5.75. The van der Waals surface area contributed by atoms with Crippen molar-refractivity contribution >= 4 is 0 Å². The lowest BCUT2D eigenvalue weighted by atomic mass is 9.94. The van der Waals surface area contributed by atoms with E-state index in [4.69, 9.17) is 14.2 Å². The van der Waals surface area contributed by atoms with Crippen LogP contribution in [-0.4, -0.2) is 25.0 Å². The van der Waals surface area contributed by atoms with Crippen LogP contribution in [0.1, 0.15) is 32.3 Å². The zero-order valence-corrected chi connectivity index (χ0v) is 11.6. The third-order valence-corrected chi connectivity index (χ3v) is 3.86. The maximum atomic E-state index is 5.75. The summed E-state index contributed by atoms with van der Waals surface area (Å²) in [6, 6.07) is 6.85. The number of hydrogen-bond donors (Lipinski definition) is 1. The molecule has 1 saturated heterocycles. The van der Waals surface area contributed by atoms with Crippen molar-refractivity contribution in [3.05, 3.63) is 23.8 Å². The predicted molar refractivity (Wildman–Crippen MR) is 71.2 cm³/mol. The average Bonchev–Trinajstić information content (AvgIpc) is 2.82. The van der Waals surface area contributed by atoms with E-state index in [1.165, 1.54) is 5.56 Å². The van der Waals surface area contributed by atoms with E-state index in [0.717, 1.165) is 37.5 Å². The van der Waals surface area contributed by atoms with Crippen LogP contribution in [0.3, 0.4) is 0 Å². The van der Waals surface area contributed by atoms with Gasteiger partial charge >= 0.3 is 0 Å². The third-order valence-electron chi connectivity index (χ3n) is 3.86. The molecule has 0 aliphatic carbocycles. The summed E-state index contributed by atoms with van der Waals surface area (Å²) in [7, 11) is 0. The highest BCUT2D eigenvalue weighted by molar-refractivity contribution is 5.44. The summed E-state index contributed by atoms with van der Waals surface area (Å²) in [5.41, 5.74) is 1.31. The first-order valence-corrected chi connectivity index (χ1v) is 6.98. The van der Waals surface area contributed by atoms with Gasteiger partial charge in [0, 0.05) is 18.4 Å². The first-order chi connectivity index (χ1) is 9.12. The van der Waals surface area contributed by atoms with E-state index >= 15 is 0 Å². The van der Waals surface area contributed by atoms with Gasteiger partial charge in [0.1, 0.15) is 6.54 Å². The minimum absolute atomic E-state index is 0.0221. The van der Waals surface area contributed by atoms with Crippen LogP contribution in [0, 0.1) is 0 Å². The van der Waals surface area contributed by atoms with Crippen LogP contribution in [0.2, 0.25) is 0 Å². The molecule has 4 nitrogen and oxygen atoms in total. The zero-order valence-electron chi connectivity index (χ0n) is 11.6. The summed E-state index contributed by atoms with van der Waals surface area (Å²) in [4.78, 5) is 0. The molecule has 1 fully saturated rings. The number of quaternary nitrogens is 1. The minimum atomic E-state index is 0.0221. The second-order valence-corrected chi connectivity index (χ2v) is 5.99. The van der Waals surface area contributed by atoms with E-state index in [2.05, 4.69) is 31.3 Å². The monoisotopic (exact) mass is 264 g/mol. The fourth-order valence-corrected chi connectivity index (χ4v) is 2.85. The number of rotatable bonds is 3. The Hall–Kier alpha value is -1.26. The Balaban J connectivity index is 1.57. The molecule has 4 heteroatoms. The van der Waals surface area contributed by atoms with Crippen molar-refractivity contribution in [3.8, 4) is 11.5 Å². The van der Waals surface area contributed by atoms with Gasteiger partial charge in [0.25, 0.3) is 0 Å². The Labute approximate surface area is 114 Å². The lowest BCUT2D eigenvalue weighted by Crippen LogP contribution is -2.89. The summed E-state index contributed by atoms with van der Waals surface area (Å²) >= 11 is 0. The summed E-state index contributed by atoms with van der Waals surface area (Å²) in [5, 5.41) is 2.42. The fourth-order valence-electron chi connectivity index (χ4n) is 2.85. The molecular weight excluding hydrogens is 242 g/mol. The maximum Gasteiger partial charge on any atom is 0.231 e. The van der Waals surface area contributed by atoms with Crippen molar-refractivity contribution in [2.24, 2.45) is 0 Å². The Morgan fingerprint density at radius 2 is 2.11 bits per heavy atom. The topological polar surface area (TPSA) is 44.3 Å². The van der Waals surface area contributed by atoms with Crippen LogP contribution < -0.4 is 14.8 Å². The van der Waals surface area contributed by atoms with Crippen molar-refractivity contribution < 1.29 is 19.5 Å². The van der Waals surface area contributed by atoms with Gasteiger partial charge < -0.3 is 19.5 Å². The Morgan fingerprint density at radius 1 is 1.26 bits per heavy atom. The second kappa shape index (κ2) is 5.02. The molecule has 0 aromatic heterocycles. The molecule has 1 unspecified atom stereocenters. The number of hydrogen-bond acceptors (Lipinski definition) is 3. The van der Waals surface area contributed by atoms with Crippen LogP contribution in [0.5, 0.6) is 11.5 Å². The molecule has 0 saturated carbocycles. The van der Waals surface area contributed by atoms with Gasteiger partial charge in [-0.15, -0.1) is 0 Å². The molecule has 104 valence electrons. The highest BCUT2D eigenvalue weighted by Crippen LogP contribution is 2.32.